The number of amides is 1. The number of aryl methyl sites for hydroxylation is 1. The Kier molecular flexibility index (Phi) is 6.34. The van der Waals surface area contributed by atoms with Crippen molar-refractivity contribution in [1.82, 2.24) is 14.8 Å². The quantitative estimate of drug-likeness (QED) is 0.703. The number of rotatable bonds is 6. The summed E-state index contributed by atoms with van der Waals surface area (Å²) in [6.07, 6.45) is 2.82. The third kappa shape index (κ3) is 4.49. The fraction of sp³-hybridized carbons (Fsp3) is 0.500. The predicted molar refractivity (Wildman–Crippen MR) is 114 cm³/mol. The molecule has 0 radical (unpaired) electrons. The number of hydrogen-bond donors (Lipinski definition) is 0. The van der Waals surface area contributed by atoms with E-state index in [0.717, 1.165) is 53.6 Å². The van der Waals surface area contributed by atoms with Gasteiger partial charge in [-0.1, -0.05) is 6.07 Å². The summed E-state index contributed by atoms with van der Waals surface area (Å²) < 4.78 is 10.6. The molecule has 2 aliphatic rings. The molecule has 1 saturated heterocycles. The van der Waals surface area contributed by atoms with E-state index in [4.69, 9.17) is 9.47 Å². The molecule has 1 aliphatic carbocycles. The number of fused-ring (bicyclic) bond motifs is 1. The van der Waals surface area contributed by atoms with Crippen LogP contribution in [0.2, 0.25) is 0 Å². The molecule has 2 heterocycles. The van der Waals surface area contributed by atoms with Gasteiger partial charge in [-0.2, -0.15) is 0 Å². The molecular formula is C22H27N3O4S. The van der Waals surface area contributed by atoms with E-state index in [-0.39, 0.29) is 11.7 Å². The Balaban J connectivity index is 1.30. The molecular weight excluding hydrogens is 402 g/mol. The Labute approximate surface area is 180 Å². The minimum Gasteiger partial charge on any atom is -0.493 e. The van der Waals surface area contributed by atoms with Crippen LogP contribution < -0.4 is 9.47 Å². The lowest BCUT2D eigenvalue weighted by atomic mass is 10.0. The number of carbonyl (C=O) groups excluding carboxylic acids is 2. The SMILES string of the molecule is COc1ccc(CC(=O)N2CCN(Cc3nc4c(s3)C(=O)CCC4)CC2)cc1OC. The molecule has 4 rings (SSSR count). The second-order valence-electron chi connectivity index (χ2n) is 7.68. The number of benzene rings is 1. The summed E-state index contributed by atoms with van der Waals surface area (Å²) >= 11 is 1.55. The molecule has 0 bridgehead atoms. The Morgan fingerprint density at radius 3 is 2.57 bits per heavy atom. The molecule has 7 nitrogen and oxygen atoms in total. The third-order valence-corrected chi connectivity index (χ3v) is 6.82. The number of ketones is 1. The summed E-state index contributed by atoms with van der Waals surface area (Å²) in [4.78, 5) is 34.6. The number of methoxy groups -OCH3 is 2. The van der Waals surface area contributed by atoms with Gasteiger partial charge in [0, 0.05) is 32.6 Å². The summed E-state index contributed by atoms with van der Waals surface area (Å²) in [6, 6.07) is 5.59. The normalized spacial score (nSPS) is 17.0. The highest BCUT2D eigenvalue weighted by Crippen LogP contribution is 2.29. The molecule has 1 aromatic heterocycles. The van der Waals surface area contributed by atoms with Crippen molar-refractivity contribution < 1.29 is 19.1 Å². The highest BCUT2D eigenvalue weighted by Gasteiger charge is 2.25. The Bertz CT molecular complexity index is 934. The Hall–Kier alpha value is -2.45. The molecule has 30 heavy (non-hydrogen) atoms. The maximum atomic E-state index is 12.7. The summed E-state index contributed by atoms with van der Waals surface area (Å²) in [5.41, 5.74) is 1.90. The third-order valence-electron chi connectivity index (χ3n) is 5.70. The van der Waals surface area contributed by atoms with Gasteiger partial charge in [0.2, 0.25) is 5.91 Å². The van der Waals surface area contributed by atoms with Crippen molar-refractivity contribution in [2.24, 2.45) is 0 Å². The molecule has 2 aromatic rings. The average Bonchev–Trinajstić information content (AvgIpc) is 3.18. The average molecular weight is 430 g/mol. The van der Waals surface area contributed by atoms with Crippen molar-refractivity contribution in [2.45, 2.75) is 32.2 Å². The van der Waals surface area contributed by atoms with Crippen LogP contribution in [0.1, 0.15) is 38.8 Å². The second-order valence-corrected chi connectivity index (χ2v) is 8.77. The van der Waals surface area contributed by atoms with E-state index < -0.39 is 0 Å². The molecule has 0 atom stereocenters. The van der Waals surface area contributed by atoms with Crippen molar-refractivity contribution >= 4 is 23.0 Å². The highest BCUT2D eigenvalue weighted by molar-refractivity contribution is 7.13. The summed E-state index contributed by atoms with van der Waals surface area (Å²) in [5.74, 6) is 1.66. The van der Waals surface area contributed by atoms with Crippen LogP contribution in [0.4, 0.5) is 0 Å². The lowest BCUT2D eigenvalue weighted by Gasteiger charge is -2.34. The van der Waals surface area contributed by atoms with Crippen molar-refractivity contribution in [2.75, 3.05) is 40.4 Å². The van der Waals surface area contributed by atoms with Gasteiger partial charge in [0.15, 0.2) is 17.3 Å². The van der Waals surface area contributed by atoms with Gasteiger partial charge in [-0.3, -0.25) is 14.5 Å². The molecule has 160 valence electrons. The number of nitrogens with zero attached hydrogens (tertiary/aromatic N) is 3. The Morgan fingerprint density at radius 2 is 1.87 bits per heavy atom. The first kappa shape index (κ1) is 20.8. The predicted octanol–water partition coefficient (Wildman–Crippen LogP) is 2.57. The zero-order valence-corrected chi connectivity index (χ0v) is 18.3. The van der Waals surface area contributed by atoms with Gasteiger partial charge in [0.25, 0.3) is 0 Å². The topological polar surface area (TPSA) is 72.0 Å². The van der Waals surface area contributed by atoms with Crippen molar-refractivity contribution in [3.05, 3.63) is 39.3 Å². The van der Waals surface area contributed by atoms with Crippen molar-refractivity contribution in [3.63, 3.8) is 0 Å². The van der Waals surface area contributed by atoms with Crippen LogP contribution in [0.25, 0.3) is 0 Å². The number of thiazole rings is 1. The maximum Gasteiger partial charge on any atom is 0.227 e. The second kappa shape index (κ2) is 9.14. The first-order valence-electron chi connectivity index (χ1n) is 10.3. The van der Waals surface area contributed by atoms with E-state index in [1.165, 1.54) is 0 Å². The number of aromatic nitrogens is 1. The smallest absolute Gasteiger partial charge is 0.227 e. The fourth-order valence-electron chi connectivity index (χ4n) is 4.01. The fourth-order valence-corrected chi connectivity index (χ4v) is 5.13. The van der Waals surface area contributed by atoms with Crippen molar-refractivity contribution in [1.29, 1.82) is 0 Å². The van der Waals surface area contributed by atoms with Gasteiger partial charge >= 0.3 is 0 Å². The number of carbonyl (C=O) groups is 2. The standard InChI is InChI=1S/C22H27N3O4S/c1-28-18-7-6-15(12-19(18)29-2)13-21(27)25-10-8-24(9-11-25)14-20-23-16-4-3-5-17(26)22(16)30-20/h6-7,12H,3-5,8-11,13-14H2,1-2H3. The van der Waals surface area contributed by atoms with Crippen LogP contribution in [-0.4, -0.2) is 66.9 Å². The zero-order valence-electron chi connectivity index (χ0n) is 17.5. The number of ether oxygens (including phenoxy) is 2. The first-order valence-corrected chi connectivity index (χ1v) is 11.1. The van der Waals surface area contributed by atoms with Gasteiger partial charge in [0.1, 0.15) is 5.01 Å². The van der Waals surface area contributed by atoms with Crippen LogP contribution >= 0.6 is 11.3 Å². The first-order chi connectivity index (χ1) is 14.6. The maximum absolute atomic E-state index is 12.7. The van der Waals surface area contributed by atoms with Gasteiger partial charge in [0.05, 0.1) is 37.8 Å². The number of piperazine rings is 1. The minimum absolute atomic E-state index is 0.122. The molecule has 8 heteroatoms. The molecule has 1 aromatic carbocycles. The van der Waals surface area contributed by atoms with Crippen molar-refractivity contribution in [3.8, 4) is 11.5 Å². The molecule has 0 saturated carbocycles. The Morgan fingerprint density at radius 1 is 1.10 bits per heavy atom. The molecule has 0 spiro atoms. The monoisotopic (exact) mass is 429 g/mol. The van der Waals surface area contributed by atoms with E-state index >= 15 is 0 Å². The zero-order chi connectivity index (χ0) is 21.1. The highest BCUT2D eigenvalue weighted by atomic mass is 32.1. The van der Waals surface area contributed by atoms with E-state index in [2.05, 4.69) is 9.88 Å². The molecule has 0 unspecified atom stereocenters. The molecule has 1 amide bonds. The van der Waals surface area contributed by atoms with Crippen LogP contribution in [0.15, 0.2) is 18.2 Å². The van der Waals surface area contributed by atoms with E-state index in [1.54, 1.807) is 25.6 Å². The molecule has 1 fully saturated rings. The molecule has 1 aliphatic heterocycles. The van der Waals surface area contributed by atoms with E-state index in [1.807, 2.05) is 23.1 Å². The van der Waals surface area contributed by atoms with Crippen LogP contribution in [0.5, 0.6) is 11.5 Å². The summed E-state index contributed by atoms with van der Waals surface area (Å²) in [5, 5.41) is 1.01. The summed E-state index contributed by atoms with van der Waals surface area (Å²) in [6.45, 7) is 3.79. The van der Waals surface area contributed by atoms with Gasteiger partial charge in [-0.05, 0) is 30.5 Å². The van der Waals surface area contributed by atoms with Crippen LogP contribution in [0, 0.1) is 0 Å². The minimum atomic E-state index is 0.122. The van der Waals surface area contributed by atoms with Gasteiger partial charge in [-0.15, -0.1) is 11.3 Å². The van der Waals surface area contributed by atoms with Gasteiger partial charge < -0.3 is 14.4 Å². The lowest BCUT2D eigenvalue weighted by Crippen LogP contribution is -2.48. The number of Topliss-reactive ketones (excluding diaryl/α,β-unsaturated/α-hetero) is 1. The van der Waals surface area contributed by atoms with Crippen LogP contribution in [0.3, 0.4) is 0 Å². The number of hydrogen-bond acceptors (Lipinski definition) is 7. The lowest BCUT2D eigenvalue weighted by molar-refractivity contribution is -0.132. The van der Waals surface area contributed by atoms with E-state index in [0.29, 0.717) is 37.4 Å². The van der Waals surface area contributed by atoms with Crippen LogP contribution in [-0.2, 0) is 24.2 Å². The largest absolute Gasteiger partial charge is 0.493 e. The van der Waals surface area contributed by atoms with Gasteiger partial charge in [-0.25, -0.2) is 4.98 Å². The summed E-state index contributed by atoms with van der Waals surface area (Å²) in [7, 11) is 3.19. The van der Waals surface area contributed by atoms with E-state index in [9.17, 15) is 9.59 Å². The molecule has 0 N–H and O–H groups in total.